The molecule has 0 radical (unpaired) electrons. The number of nitrogens with one attached hydrogen (secondary N) is 3. The van der Waals surface area contributed by atoms with Crippen molar-refractivity contribution in [3.63, 3.8) is 0 Å². The maximum absolute atomic E-state index is 12.3. The molecule has 0 spiro atoms. The summed E-state index contributed by atoms with van der Waals surface area (Å²) in [6.45, 7) is 18.1. The number of carbonyl (C=O) groups excluding carboxylic acids is 5. The molecule has 338 valence electrons. The van der Waals surface area contributed by atoms with Gasteiger partial charge in [0.05, 0.1) is 0 Å². The number of benzene rings is 2. The largest absolute Gasteiger partial charge is 0.445 e. The number of hydrogen-bond acceptors (Lipinski definition) is 11. The third-order valence-electron chi connectivity index (χ3n) is 10.6. The quantitative estimate of drug-likeness (QED) is 0.245. The van der Waals surface area contributed by atoms with E-state index in [2.05, 4.69) is 20.9 Å². The highest BCUT2D eigenvalue weighted by Crippen LogP contribution is 2.25. The Morgan fingerprint density at radius 1 is 0.590 bits per heavy atom. The van der Waals surface area contributed by atoms with Crippen LogP contribution >= 0.6 is 0 Å². The number of ether oxygens (including phenoxy) is 4. The minimum Gasteiger partial charge on any atom is -0.445 e. The zero-order valence-electron chi connectivity index (χ0n) is 37.2. The van der Waals surface area contributed by atoms with E-state index >= 15 is 0 Å². The third-order valence-corrected chi connectivity index (χ3v) is 10.6. The maximum Gasteiger partial charge on any atom is 0.410 e. The predicted molar refractivity (Wildman–Crippen MR) is 233 cm³/mol. The fourth-order valence-electron chi connectivity index (χ4n) is 7.36. The van der Waals surface area contributed by atoms with Crippen molar-refractivity contribution >= 4 is 30.2 Å². The van der Waals surface area contributed by atoms with Gasteiger partial charge >= 0.3 is 24.4 Å². The fraction of sp³-hybridized carbons (Fsp3) is 0.630. The molecule has 0 atom stereocenters. The second-order valence-electron chi connectivity index (χ2n) is 18.0. The van der Waals surface area contributed by atoms with Gasteiger partial charge < -0.3 is 44.7 Å². The van der Waals surface area contributed by atoms with Crippen molar-refractivity contribution in [2.24, 2.45) is 0 Å². The van der Waals surface area contributed by atoms with E-state index in [0.717, 1.165) is 88.9 Å². The van der Waals surface area contributed by atoms with E-state index < -0.39 is 11.2 Å². The van der Waals surface area contributed by atoms with Crippen LogP contribution in [-0.4, -0.2) is 127 Å². The summed E-state index contributed by atoms with van der Waals surface area (Å²) in [5, 5.41) is 8.98. The van der Waals surface area contributed by atoms with Gasteiger partial charge in [0.1, 0.15) is 30.2 Å². The number of alkyl carbamates (subject to hydrolysis) is 2. The number of piperazine rings is 2. The molecule has 15 heteroatoms. The topological polar surface area (TPSA) is 168 Å². The molecular formula is C46H70N6O9. The van der Waals surface area contributed by atoms with E-state index in [0.29, 0.717) is 45.2 Å². The zero-order chi connectivity index (χ0) is 44.3. The SMILES string of the molecule is CC(C)(C)OC(=O)NC1CCC(=O)CC1.CC(C)(C)OC(=O)NC1CCC(N2CCN(C(=O)OCc3ccccc3)CC2)CC1.O=C(OCc1ccccc1)N1CCNCC1. The summed E-state index contributed by atoms with van der Waals surface area (Å²) >= 11 is 0. The van der Waals surface area contributed by atoms with Crippen molar-refractivity contribution < 1.29 is 42.9 Å². The second-order valence-corrected chi connectivity index (χ2v) is 18.0. The van der Waals surface area contributed by atoms with Gasteiger partial charge in [0, 0.05) is 83.3 Å². The van der Waals surface area contributed by atoms with Gasteiger partial charge in [0.15, 0.2) is 0 Å². The van der Waals surface area contributed by atoms with E-state index in [1.54, 1.807) is 9.80 Å². The molecule has 2 aliphatic carbocycles. The smallest absolute Gasteiger partial charge is 0.410 e. The molecule has 4 amide bonds. The Labute approximate surface area is 362 Å². The summed E-state index contributed by atoms with van der Waals surface area (Å²) < 4.78 is 21.2. The molecule has 2 saturated carbocycles. The lowest BCUT2D eigenvalue weighted by Crippen LogP contribution is -2.53. The van der Waals surface area contributed by atoms with Gasteiger partial charge in [-0.05, 0) is 91.2 Å². The van der Waals surface area contributed by atoms with Crippen LogP contribution in [0.2, 0.25) is 0 Å². The van der Waals surface area contributed by atoms with Gasteiger partial charge in [-0.25, -0.2) is 19.2 Å². The Morgan fingerprint density at radius 3 is 1.43 bits per heavy atom. The van der Waals surface area contributed by atoms with Crippen LogP contribution in [0.1, 0.15) is 104 Å². The molecule has 3 N–H and O–H groups in total. The standard InChI is InChI=1S/C23H35N3O4.C12H16N2O2.C11H19NO3/c1-23(2,3)30-21(27)24-19-9-11-20(12-10-19)25-13-15-26(16-14-25)22(28)29-17-18-7-5-4-6-8-18;15-12(14-8-6-13-7-9-14)16-10-11-4-2-1-3-5-11;1-11(2,3)15-10(14)12-8-4-6-9(13)7-5-8/h4-8,19-20H,9-17H2,1-3H3,(H,24,27);1-5,13H,6-10H2;8H,4-7H2,1-3H3,(H,12,14). The average Bonchev–Trinajstić information content (AvgIpc) is 3.23. The van der Waals surface area contributed by atoms with Crippen LogP contribution < -0.4 is 16.0 Å². The Balaban J connectivity index is 0.000000222. The molecule has 2 heterocycles. The number of ketones is 1. The van der Waals surface area contributed by atoms with Gasteiger partial charge in [-0.1, -0.05) is 60.7 Å². The van der Waals surface area contributed by atoms with Crippen LogP contribution in [-0.2, 0) is 37.0 Å². The first-order valence-corrected chi connectivity index (χ1v) is 21.9. The van der Waals surface area contributed by atoms with Gasteiger partial charge in [-0.3, -0.25) is 9.69 Å². The molecule has 0 bridgehead atoms. The molecule has 0 unspecified atom stereocenters. The first kappa shape index (κ1) is 48.8. The third kappa shape index (κ3) is 19.6. The number of Topliss-reactive ketones (excluding diaryl/α,β-unsaturated/α-hetero) is 1. The lowest BCUT2D eigenvalue weighted by atomic mass is 9.90. The molecule has 4 fully saturated rings. The summed E-state index contributed by atoms with van der Waals surface area (Å²) in [6, 6.07) is 20.3. The minimum atomic E-state index is -0.469. The summed E-state index contributed by atoms with van der Waals surface area (Å²) in [6.07, 6.45) is 5.48. The van der Waals surface area contributed by atoms with Crippen molar-refractivity contribution in [1.29, 1.82) is 0 Å². The first-order chi connectivity index (χ1) is 29.0. The number of hydrogen-bond donors (Lipinski definition) is 3. The summed E-state index contributed by atoms with van der Waals surface area (Å²) in [5.74, 6) is 0.289. The van der Waals surface area contributed by atoms with Crippen LogP contribution in [0.25, 0.3) is 0 Å². The molecule has 6 rings (SSSR count). The molecule has 2 aliphatic heterocycles. The maximum atomic E-state index is 12.3. The zero-order valence-corrected chi connectivity index (χ0v) is 37.2. The monoisotopic (exact) mass is 851 g/mol. The Hall–Kier alpha value is -4.89. The predicted octanol–water partition coefficient (Wildman–Crippen LogP) is 7.03. The van der Waals surface area contributed by atoms with E-state index in [9.17, 15) is 24.0 Å². The summed E-state index contributed by atoms with van der Waals surface area (Å²) in [7, 11) is 0. The Bertz CT molecular complexity index is 1630. The van der Waals surface area contributed by atoms with Crippen molar-refractivity contribution in [3.8, 4) is 0 Å². The Morgan fingerprint density at radius 2 is 1.00 bits per heavy atom. The normalized spacial score (nSPS) is 20.1. The van der Waals surface area contributed by atoms with Crippen LogP contribution in [0.5, 0.6) is 0 Å². The average molecular weight is 851 g/mol. The number of nitrogens with zero attached hydrogens (tertiary/aromatic N) is 3. The molecule has 2 saturated heterocycles. The highest BCUT2D eigenvalue weighted by atomic mass is 16.6. The van der Waals surface area contributed by atoms with E-state index in [4.69, 9.17) is 18.9 Å². The highest BCUT2D eigenvalue weighted by molar-refractivity contribution is 5.79. The second kappa shape index (κ2) is 24.5. The molecule has 15 nitrogen and oxygen atoms in total. The van der Waals surface area contributed by atoms with E-state index in [-0.39, 0.29) is 42.2 Å². The summed E-state index contributed by atoms with van der Waals surface area (Å²) in [5.41, 5.74) is 1.09. The minimum absolute atomic E-state index is 0.0950. The van der Waals surface area contributed by atoms with E-state index in [1.807, 2.05) is 102 Å². The molecule has 61 heavy (non-hydrogen) atoms. The van der Waals surface area contributed by atoms with E-state index in [1.165, 1.54) is 0 Å². The lowest BCUT2D eigenvalue weighted by molar-refractivity contribution is -0.120. The van der Waals surface area contributed by atoms with Crippen LogP contribution in [0.4, 0.5) is 19.2 Å². The molecule has 4 aliphatic rings. The number of amides is 4. The van der Waals surface area contributed by atoms with Crippen molar-refractivity contribution in [2.75, 3.05) is 52.4 Å². The van der Waals surface area contributed by atoms with Crippen LogP contribution in [0.3, 0.4) is 0 Å². The number of rotatable bonds is 7. The Kier molecular flexibility index (Phi) is 19.6. The van der Waals surface area contributed by atoms with Gasteiger partial charge in [-0.15, -0.1) is 0 Å². The lowest BCUT2D eigenvalue weighted by Gasteiger charge is -2.41. The van der Waals surface area contributed by atoms with Crippen LogP contribution in [0, 0.1) is 0 Å². The fourth-order valence-corrected chi connectivity index (χ4v) is 7.36. The first-order valence-electron chi connectivity index (χ1n) is 21.9. The number of carbonyl (C=O) groups is 5. The highest BCUT2D eigenvalue weighted by Gasteiger charge is 2.31. The molecule has 2 aromatic carbocycles. The summed E-state index contributed by atoms with van der Waals surface area (Å²) in [4.78, 5) is 64.3. The van der Waals surface area contributed by atoms with Gasteiger partial charge in [0.2, 0.25) is 0 Å². The molecule has 2 aromatic rings. The van der Waals surface area contributed by atoms with Crippen molar-refractivity contribution in [2.45, 2.75) is 135 Å². The molecule has 0 aromatic heterocycles. The van der Waals surface area contributed by atoms with Gasteiger partial charge in [0.25, 0.3) is 0 Å². The van der Waals surface area contributed by atoms with Crippen molar-refractivity contribution in [3.05, 3.63) is 71.8 Å². The van der Waals surface area contributed by atoms with Crippen molar-refractivity contribution in [1.82, 2.24) is 30.7 Å². The van der Waals surface area contributed by atoms with Gasteiger partial charge in [-0.2, -0.15) is 0 Å². The molecular weight excluding hydrogens is 781 g/mol. The van der Waals surface area contributed by atoms with Crippen LogP contribution in [0.15, 0.2) is 60.7 Å².